The van der Waals surface area contributed by atoms with Crippen LogP contribution in [0.25, 0.3) is 0 Å². The van der Waals surface area contributed by atoms with Crippen LogP contribution in [0, 0.1) is 0 Å². The average molecular weight is 460 g/mol. The summed E-state index contributed by atoms with van der Waals surface area (Å²) >= 11 is 0. The predicted molar refractivity (Wildman–Crippen MR) is 116 cm³/mol. The molecule has 1 heterocycles. The second-order valence-electron chi connectivity index (χ2n) is 7.22. The molecule has 6 heteroatoms. The Morgan fingerprint density at radius 2 is 2.04 bits per heavy atom. The first kappa shape index (κ1) is 22.2. The lowest BCUT2D eigenvalue weighted by molar-refractivity contribution is 0.187. The lowest BCUT2D eigenvalue weighted by Crippen LogP contribution is -2.46. The van der Waals surface area contributed by atoms with E-state index in [-0.39, 0.29) is 41.7 Å². The van der Waals surface area contributed by atoms with Gasteiger partial charge in [0.2, 0.25) is 0 Å². The van der Waals surface area contributed by atoms with Crippen molar-refractivity contribution in [3.63, 3.8) is 0 Å². The minimum absolute atomic E-state index is 0. The highest BCUT2D eigenvalue weighted by atomic mass is 127. The van der Waals surface area contributed by atoms with E-state index in [9.17, 15) is 5.11 Å². The molecule has 5 nitrogen and oxygen atoms in total. The van der Waals surface area contributed by atoms with Gasteiger partial charge in [-0.15, -0.1) is 24.0 Å². The summed E-state index contributed by atoms with van der Waals surface area (Å²) in [7, 11) is 0. The SMILES string of the molecule is CCNC(=NCC(C)(C)NC(C)c1ccccc1)N1CC[C@@H](O)C1.I. The second-order valence-corrected chi connectivity index (χ2v) is 7.22. The molecular weight excluding hydrogens is 427 g/mol. The van der Waals surface area contributed by atoms with Gasteiger partial charge >= 0.3 is 0 Å². The Morgan fingerprint density at radius 3 is 2.60 bits per heavy atom. The van der Waals surface area contributed by atoms with Gasteiger partial charge in [-0.05, 0) is 39.7 Å². The number of guanidine groups is 1. The number of nitrogens with one attached hydrogen (secondary N) is 2. The number of hydrogen-bond acceptors (Lipinski definition) is 3. The Balaban J connectivity index is 0.00000312. The molecule has 25 heavy (non-hydrogen) atoms. The fourth-order valence-electron chi connectivity index (χ4n) is 3.09. The van der Waals surface area contributed by atoms with Crippen LogP contribution in [-0.4, -0.2) is 53.8 Å². The summed E-state index contributed by atoms with van der Waals surface area (Å²) in [5.74, 6) is 0.899. The maximum absolute atomic E-state index is 9.75. The van der Waals surface area contributed by atoms with Crippen molar-refractivity contribution in [1.82, 2.24) is 15.5 Å². The van der Waals surface area contributed by atoms with Gasteiger partial charge in [0.15, 0.2) is 5.96 Å². The van der Waals surface area contributed by atoms with Gasteiger partial charge in [-0.25, -0.2) is 0 Å². The van der Waals surface area contributed by atoms with E-state index in [1.165, 1.54) is 5.56 Å². The first-order chi connectivity index (χ1) is 11.4. The van der Waals surface area contributed by atoms with Crippen molar-refractivity contribution < 1.29 is 5.11 Å². The number of nitrogens with zero attached hydrogens (tertiary/aromatic N) is 2. The Hall–Kier alpha value is -0.860. The summed E-state index contributed by atoms with van der Waals surface area (Å²) < 4.78 is 0. The first-order valence-electron chi connectivity index (χ1n) is 8.95. The predicted octanol–water partition coefficient (Wildman–Crippen LogP) is 2.77. The zero-order valence-electron chi connectivity index (χ0n) is 15.8. The number of likely N-dealkylation sites (tertiary alicyclic amines) is 1. The number of aliphatic hydroxyl groups is 1. The largest absolute Gasteiger partial charge is 0.391 e. The van der Waals surface area contributed by atoms with Crippen LogP contribution < -0.4 is 10.6 Å². The molecule has 0 amide bonds. The van der Waals surface area contributed by atoms with Crippen LogP contribution in [0.1, 0.15) is 45.7 Å². The van der Waals surface area contributed by atoms with E-state index < -0.39 is 0 Å². The Labute approximate surface area is 169 Å². The van der Waals surface area contributed by atoms with Crippen LogP contribution in [0.15, 0.2) is 35.3 Å². The normalized spacial score (nSPS) is 19.5. The summed E-state index contributed by atoms with van der Waals surface area (Å²) in [4.78, 5) is 6.95. The molecule has 1 fully saturated rings. The van der Waals surface area contributed by atoms with Crippen LogP contribution in [0.3, 0.4) is 0 Å². The molecule has 0 saturated carbocycles. The molecule has 1 aromatic carbocycles. The third kappa shape index (κ3) is 7.11. The van der Waals surface area contributed by atoms with Gasteiger partial charge in [0.25, 0.3) is 0 Å². The van der Waals surface area contributed by atoms with Crippen LogP contribution in [0.4, 0.5) is 0 Å². The third-order valence-corrected chi connectivity index (χ3v) is 4.33. The van der Waals surface area contributed by atoms with Crippen molar-refractivity contribution in [2.24, 2.45) is 4.99 Å². The van der Waals surface area contributed by atoms with Gasteiger partial charge in [0.1, 0.15) is 0 Å². The minimum Gasteiger partial charge on any atom is -0.391 e. The number of benzene rings is 1. The smallest absolute Gasteiger partial charge is 0.194 e. The van der Waals surface area contributed by atoms with Crippen LogP contribution in [-0.2, 0) is 0 Å². The molecule has 2 atom stereocenters. The van der Waals surface area contributed by atoms with Gasteiger partial charge in [0.05, 0.1) is 12.6 Å². The molecular formula is C19H33IN4O. The zero-order chi connectivity index (χ0) is 17.6. The summed E-state index contributed by atoms with van der Waals surface area (Å²) in [6.07, 6.45) is 0.579. The van der Waals surface area contributed by atoms with Crippen molar-refractivity contribution in [1.29, 1.82) is 0 Å². The van der Waals surface area contributed by atoms with E-state index in [1.807, 2.05) is 6.07 Å². The molecule has 3 N–H and O–H groups in total. The number of halogens is 1. The molecule has 1 saturated heterocycles. The van der Waals surface area contributed by atoms with E-state index in [0.29, 0.717) is 13.1 Å². The molecule has 0 aromatic heterocycles. The maximum Gasteiger partial charge on any atom is 0.194 e. The highest BCUT2D eigenvalue weighted by Crippen LogP contribution is 2.17. The molecule has 1 aliphatic rings. The van der Waals surface area contributed by atoms with Crippen LogP contribution >= 0.6 is 24.0 Å². The molecule has 1 unspecified atom stereocenters. The highest BCUT2D eigenvalue weighted by Gasteiger charge is 2.25. The van der Waals surface area contributed by atoms with Crippen LogP contribution in [0.2, 0.25) is 0 Å². The van der Waals surface area contributed by atoms with Crippen molar-refractivity contribution in [2.75, 3.05) is 26.2 Å². The second kappa shape index (κ2) is 10.3. The first-order valence-corrected chi connectivity index (χ1v) is 8.95. The standard InChI is InChI=1S/C19H32N4O.HI/c1-5-20-18(23-12-11-17(24)13-23)21-14-19(3,4)22-15(2)16-9-7-6-8-10-16;/h6-10,15,17,22,24H,5,11-14H2,1-4H3,(H,20,21);1H/t15?,17-;/m1./s1. The van der Waals surface area contributed by atoms with Gasteiger partial charge < -0.3 is 20.6 Å². The molecule has 142 valence electrons. The van der Waals surface area contributed by atoms with Gasteiger partial charge in [-0.2, -0.15) is 0 Å². The van der Waals surface area contributed by atoms with Gasteiger partial charge in [-0.3, -0.25) is 4.99 Å². The van der Waals surface area contributed by atoms with E-state index >= 15 is 0 Å². The third-order valence-electron chi connectivity index (χ3n) is 4.33. The Morgan fingerprint density at radius 1 is 1.36 bits per heavy atom. The lowest BCUT2D eigenvalue weighted by atomic mass is 10.0. The highest BCUT2D eigenvalue weighted by molar-refractivity contribution is 14.0. The topological polar surface area (TPSA) is 59.9 Å². The average Bonchev–Trinajstić information content (AvgIpc) is 2.98. The number of rotatable bonds is 6. The molecule has 2 rings (SSSR count). The molecule has 0 bridgehead atoms. The summed E-state index contributed by atoms with van der Waals surface area (Å²) in [5, 5.41) is 16.8. The van der Waals surface area contributed by atoms with Gasteiger partial charge in [0, 0.05) is 31.2 Å². The van der Waals surface area contributed by atoms with E-state index in [1.54, 1.807) is 0 Å². The van der Waals surface area contributed by atoms with E-state index in [2.05, 4.69) is 67.5 Å². The quantitative estimate of drug-likeness (QED) is 0.347. The van der Waals surface area contributed by atoms with E-state index in [0.717, 1.165) is 25.5 Å². The molecule has 0 spiro atoms. The minimum atomic E-state index is -0.238. The fraction of sp³-hybridized carbons (Fsp3) is 0.632. The number of β-amino-alcohol motifs (C(OH)–C–C–N with tert-alkyl or cyclic N) is 1. The number of hydrogen-bond donors (Lipinski definition) is 3. The molecule has 1 aromatic rings. The summed E-state index contributed by atoms with van der Waals surface area (Å²) in [6.45, 7) is 11.7. The Bertz CT molecular complexity index is 535. The number of aliphatic imine (C=N–C) groups is 1. The van der Waals surface area contributed by atoms with E-state index in [4.69, 9.17) is 4.99 Å². The molecule has 0 radical (unpaired) electrons. The van der Waals surface area contributed by atoms with Crippen molar-refractivity contribution in [3.8, 4) is 0 Å². The monoisotopic (exact) mass is 460 g/mol. The van der Waals surface area contributed by atoms with Gasteiger partial charge in [-0.1, -0.05) is 30.3 Å². The molecule has 0 aliphatic carbocycles. The van der Waals surface area contributed by atoms with Crippen molar-refractivity contribution in [2.45, 2.75) is 51.8 Å². The summed E-state index contributed by atoms with van der Waals surface area (Å²) in [6, 6.07) is 10.7. The Kier molecular flexibility index (Phi) is 9.16. The summed E-state index contributed by atoms with van der Waals surface area (Å²) in [5.41, 5.74) is 1.16. The van der Waals surface area contributed by atoms with Crippen molar-refractivity contribution in [3.05, 3.63) is 35.9 Å². The lowest BCUT2D eigenvalue weighted by Gasteiger charge is -2.30. The van der Waals surface area contributed by atoms with Crippen molar-refractivity contribution >= 4 is 29.9 Å². The fourth-order valence-corrected chi connectivity index (χ4v) is 3.09. The van der Waals surface area contributed by atoms with Crippen LogP contribution in [0.5, 0.6) is 0 Å². The molecule has 1 aliphatic heterocycles. The zero-order valence-corrected chi connectivity index (χ0v) is 18.2. The number of aliphatic hydroxyl groups excluding tert-OH is 1. The maximum atomic E-state index is 9.75.